The Bertz CT molecular complexity index is 1020. The van der Waals surface area contributed by atoms with Gasteiger partial charge in [-0.3, -0.25) is 4.99 Å². The molecule has 144 valence electrons. The van der Waals surface area contributed by atoms with Gasteiger partial charge in [0.15, 0.2) is 11.5 Å². The molecule has 0 spiro atoms. The normalized spacial score (nSPS) is 11.0. The van der Waals surface area contributed by atoms with Gasteiger partial charge in [-0.25, -0.2) is 0 Å². The molecule has 0 saturated heterocycles. The summed E-state index contributed by atoms with van der Waals surface area (Å²) < 4.78 is 12.3. The van der Waals surface area contributed by atoms with Crippen molar-refractivity contribution in [1.29, 1.82) is 0 Å². The highest BCUT2D eigenvalue weighted by atomic mass is 79.9. The van der Waals surface area contributed by atoms with E-state index in [4.69, 9.17) is 21.1 Å². The van der Waals surface area contributed by atoms with E-state index in [0.29, 0.717) is 23.1 Å². The molecule has 0 aliphatic rings. The number of hydrogen-bond donors (Lipinski definition) is 0. The van der Waals surface area contributed by atoms with Gasteiger partial charge in [-0.2, -0.15) is 0 Å². The van der Waals surface area contributed by atoms with Gasteiger partial charge in [-0.1, -0.05) is 35.9 Å². The third-order valence-corrected chi connectivity index (χ3v) is 5.39. The smallest absolute Gasteiger partial charge is 0.175 e. The molecule has 0 aromatic heterocycles. The predicted molar refractivity (Wildman–Crippen MR) is 120 cm³/mol. The average molecular weight is 459 g/mol. The Morgan fingerprint density at radius 3 is 2.54 bits per heavy atom. The maximum absolute atomic E-state index is 6.21. The second kappa shape index (κ2) is 9.26. The van der Waals surface area contributed by atoms with E-state index in [2.05, 4.69) is 46.9 Å². The topological polar surface area (TPSA) is 30.8 Å². The number of ether oxygens (including phenoxy) is 2. The number of rotatable bonds is 6. The molecule has 0 amide bonds. The van der Waals surface area contributed by atoms with Gasteiger partial charge >= 0.3 is 0 Å². The van der Waals surface area contributed by atoms with Crippen LogP contribution in [0.4, 0.5) is 5.69 Å². The molecule has 0 fully saturated rings. The fourth-order valence-electron chi connectivity index (χ4n) is 2.67. The number of nitrogens with zero attached hydrogens (tertiary/aromatic N) is 1. The van der Waals surface area contributed by atoms with Crippen LogP contribution in [0.3, 0.4) is 0 Å². The summed E-state index contributed by atoms with van der Waals surface area (Å²) in [6.45, 7) is 4.52. The summed E-state index contributed by atoms with van der Waals surface area (Å²) in [6.07, 6.45) is 1.81. The summed E-state index contributed by atoms with van der Waals surface area (Å²) in [4.78, 5) is 4.57. The zero-order chi connectivity index (χ0) is 20.1. The summed E-state index contributed by atoms with van der Waals surface area (Å²) >= 11 is 9.79. The molecule has 0 bridgehead atoms. The number of halogens is 2. The number of benzene rings is 3. The lowest BCUT2D eigenvalue weighted by Crippen LogP contribution is -2.00. The van der Waals surface area contributed by atoms with Gasteiger partial charge < -0.3 is 9.47 Å². The summed E-state index contributed by atoms with van der Waals surface area (Å²) in [7, 11) is 1.62. The fourth-order valence-corrected chi connectivity index (χ4v) is 3.44. The SMILES string of the molecule is COc1cc(C=Nc2ccc(C)c(C)c2)cc(Br)c1OCc1ccccc1Cl. The molecule has 3 rings (SSSR count). The highest BCUT2D eigenvalue weighted by Gasteiger charge is 2.12. The number of aliphatic imine (C=N–C) groups is 1. The van der Waals surface area contributed by atoms with Gasteiger partial charge in [0, 0.05) is 16.8 Å². The lowest BCUT2D eigenvalue weighted by atomic mass is 10.1. The van der Waals surface area contributed by atoms with Crippen molar-refractivity contribution in [2.45, 2.75) is 20.5 Å². The molecule has 28 heavy (non-hydrogen) atoms. The molecule has 0 radical (unpaired) electrons. The summed E-state index contributed by atoms with van der Waals surface area (Å²) in [6, 6.07) is 17.6. The number of methoxy groups -OCH3 is 1. The Morgan fingerprint density at radius 1 is 1.04 bits per heavy atom. The van der Waals surface area contributed by atoms with Gasteiger partial charge in [0.25, 0.3) is 0 Å². The van der Waals surface area contributed by atoms with Crippen molar-refractivity contribution in [1.82, 2.24) is 0 Å². The molecule has 3 nitrogen and oxygen atoms in total. The van der Waals surface area contributed by atoms with Crippen molar-refractivity contribution in [3.05, 3.63) is 86.3 Å². The zero-order valence-electron chi connectivity index (χ0n) is 16.0. The van der Waals surface area contributed by atoms with Gasteiger partial charge in [-0.05, 0) is 76.8 Å². The van der Waals surface area contributed by atoms with Crippen molar-refractivity contribution >= 4 is 39.4 Å². The Labute approximate surface area is 179 Å². The zero-order valence-corrected chi connectivity index (χ0v) is 18.3. The molecule has 0 unspecified atom stereocenters. The third-order valence-electron chi connectivity index (χ3n) is 4.43. The van der Waals surface area contributed by atoms with Gasteiger partial charge in [0.2, 0.25) is 0 Å². The van der Waals surface area contributed by atoms with E-state index in [1.807, 2.05) is 48.7 Å². The van der Waals surface area contributed by atoms with Crippen LogP contribution < -0.4 is 9.47 Å². The second-order valence-corrected chi connectivity index (χ2v) is 7.70. The molecule has 5 heteroatoms. The molecule has 3 aromatic rings. The summed E-state index contributed by atoms with van der Waals surface area (Å²) in [5.74, 6) is 1.26. The first-order chi connectivity index (χ1) is 13.5. The van der Waals surface area contributed by atoms with Crippen LogP contribution in [0.5, 0.6) is 11.5 Å². The highest BCUT2D eigenvalue weighted by Crippen LogP contribution is 2.37. The van der Waals surface area contributed by atoms with Crippen LogP contribution in [0, 0.1) is 13.8 Å². The minimum absolute atomic E-state index is 0.352. The fraction of sp³-hybridized carbons (Fsp3) is 0.174. The lowest BCUT2D eigenvalue weighted by molar-refractivity contribution is 0.282. The van der Waals surface area contributed by atoms with Crippen molar-refractivity contribution in [3.8, 4) is 11.5 Å². The second-order valence-electron chi connectivity index (χ2n) is 6.44. The number of aryl methyl sites for hydroxylation is 2. The molecule has 0 aliphatic heterocycles. The molecule has 0 atom stereocenters. The summed E-state index contributed by atoms with van der Waals surface area (Å²) in [5.41, 5.74) is 5.21. The van der Waals surface area contributed by atoms with E-state index in [1.54, 1.807) is 7.11 Å². The van der Waals surface area contributed by atoms with Crippen LogP contribution in [0.1, 0.15) is 22.3 Å². The first kappa shape index (κ1) is 20.4. The Morgan fingerprint density at radius 2 is 1.82 bits per heavy atom. The molecule has 0 aliphatic carbocycles. The quantitative estimate of drug-likeness (QED) is 0.370. The molecule has 0 heterocycles. The van der Waals surface area contributed by atoms with Gasteiger partial charge in [-0.15, -0.1) is 0 Å². The van der Waals surface area contributed by atoms with Crippen LogP contribution in [0.15, 0.2) is 64.1 Å². The Balaban J connectivity index is 1.81. The van der Waals surface area contributed by atoms with E-state index in [1.165, 1.54) is 11.1 Å². The Hall–Kier alpha value is -2.30. The molecular formula is C23H21BrClNO2. The minimum Gasteiger partial charge on any atom is -0.493 e. The van der Waals surface area contributed by atoms with Crippen LogP contribution in [0.2, 0.25) is 5.02 Å². The third kappa shape index (κ3) is 4.94. The van der Waals surface area contributed by atoms with Crippen molar-refractivity contribution in [3.63, 3.8) is 0 Å². The van der Waals surface area contributed by atoms with E-state index in [-0.39, 0.29) is 0 Å². The van der Waals surface area contributed by atoms with E-state index in [9.17, 15) is 0 Å². The van der Waals surface area contributed by atoms with Crippen LogP contribution in [-0.4, -0.2) is 13.3 Å². The molecule has 0 N–H and O–H groups in total. The first-order valence-electron chi connectivity index (χ1n) is 8.83. The van der Waals surface area contributed by atoms with Crippen LogP contribution in [-0.2, 0) is 6.61 Å². The molecule has 0 saturated carbocycles. The Kier molecular flexibility index (Phi) is 6.76. The lowest BCUT2D eigenvalue weighted by Gasteiger charge is -2.14. The van der Waals surface area contributed by atoms with E-state index >= 15 is 0 Å². The molecule has 3 aromatic carbocycles. The van der Waals surface area contributed by atoms with Gasteiger partial charge in [0.05, 0.1) is 17.3 Å². The first-order valence-corrected chi connectivity index (χ1v) is 10.00. The maximum atomic E-state index is 6.21. The summed E-state index contributed by atoms with van der Waals surface area (Å²) in [5, 5.41) is 0.676. The van der Waals surface area contributed by atoms with Crippen LogP contribution >= 0.6 is 27.5 Å². The van der Waals surface area contributed by atoms with E-state index < -0.39 is 0 Å². The van der Waals surface area contributed by atoms with Crippen molar-refractivity contribution in [2.75, 3.05) is 7.11 Å². The monoisotopic (exact) mass is 457 g/mol. The minimum atomic E-state index is 0.352. The largest absolute Gasteiger partial charge is 0.493 e. The van der Waals surface area contributed by atoms with Crippen molar-refractivity contribution in [2.24, 2.45) is 4.99 Å². The maximum Gasteiger partial charge on any atom is 0.175 e. The van der Waals surface area contributed by atoms with Crippen LogP contribution in [0.25, 0.3) is 0 Å². The van der Waals surface area contributed by atoms with Gasteiger partial charge in [0.1, 0.15) is 6.61 Å². The number of hydrogen-bond acceptors (Lipinski definition) is 3. The highest BCUT2D eigenvalue weighted by molar-refractivity contribution is 9.10. The standard InChI is InChI=1S/C23H21BrClNO2/c1-15-8-9-19(10-16(15)2)26-13-17-11-20(24)23(22(12-17)27-3)28-14-18-6-4-5-7-21(18)25/h4-13H,14H2,1-3H3. The van der Waals surface area contributed by atoms with Crippen molar-refractivity contribution < 1.29 is 9.47 Å². The average Bonchev–Trinajstić information content (AvgIpc) is 2.68. The predicted octanol–water partition coefficient (Wildman–Crippen LogP) is 7.06. The molecular weight excluding hydrogens is 438 g/mol. The van der Waals surface area contributed by atoms with E-state index in [0.717, 1.165) is 21.3 Å².